The minimum atomic E-state index is 0.645. The molecular weight excluding hydrogens is 338 g/mol. The van der Waals surface area contributed by atoms with Crippen molar-refractivity contribution in [2.45, 2.75) is 0 Å². The van der Waals surface area contributed by atoms with Crippen LogP contribution in [-0.2, 0) is 0 Å². The van der Waals surface area contributed by atoms with Crippen molar-refractivity contribution in [1.82, 2.24) is 19.8 Å². The number of nitrogens with one attached hydrogen (secondary N) is 1. The summed E-state index contributed by atoms with van der Waals surface area (Å²) in [6.45, 7) is 0. The van der Waals surface area contributed by atoms with E-state index >= 15 is 0 Å². The van der Waals surface area contributed by atoms with Crippen LogP contribution in [0.25, 0.3) is 16.3 Å². The molecule has 0 amide bonds. The Morgan fingerprint density at radius 1 is 0.960 bits per heavy atom. The van der Waals surface area contributed by atoms with Gasteiger partial charge in [-0.2, -0.15) is 4.52 Å². The molecule has 2 aromatic heterocycles. The standard InChI is InChI=1S/C17H15N5O2S/c1-23-12-9-7-11(8-10-12)18-16-21-22-15(19-20-17(22)25-16)13-5-3-4-6-14(13)24-2/h3-10H,1-2H3,(H,18,21). The number of anilines is 2. The van der Waals surface area contributed by atoms with E-state index in [1.54, 1.807) is 18.7 Å². The average molecular weight is 353 g/mol. The molecule has 126 valence electrons. The smallest absolute Gasteiger partial charge is 0.236 e. The van der Waals surface area contributed by atoms with Gasteiger partial charge in [0.15, 0.2) is 5.82 Å². The Balaban J connectivity index is 1.68. The van der Waals surface area contributed by atoms with Crippen molar-refractivity contribution in [3.05, 3.63) is 48.5 Å². The highest BCUT2D eigenvalue weighted by Gasteiger charge is 2.16. The van der Waals surface area contributed by atoms with Gasteiger partial charge in [0.25, 0.3) is 0 Å². The first-order chi connectivity index (χ1) is 12.3. The minimum Gasteiger partial charge on any atom is -0.497 e. The number of methoxy groups -OCH3 is 2. The number of nitrogens with zero attached hydrogens (tertiary/aromatic N) is 4. The zero-order valence-electron chi connectivity index (χ0n) is 13.6. The van der Waals surface area contributed by atoms with Gasteiger partial charge in [-0.3, -0.25) is 0 Å². The summed E-state index contributed by atoms with van der Waals surface area (Å²) < 4.78 is 12.3. The topological polar surface area (TPSA) is 73.6 Å². The summed E-state index contributed by atoms with van der Waals surface area (Å²) in [5.41, 5.74) is 1.77. The van der Waals surface area contributed by atoms with Gasteiger partial charge in [-0.05, 0) is 36.4 Å². The molecule has 4 rings (SSSR count). The van der Waals surface area contributed by atoms with Crippen LogP contribution in [0.2, 0.25) is 0 Å². The Morgan fingerprint density at radius 3 is 2.52 bits per heavy atom. The fourth-order valence-corrected chi connectivity index (χ4v) is 3.22. The Kier molecular flexibility index (Phi) is 3.95. The van der Waals surface area contributed by atoms with Gasteiger partial charge in [-0.1, -0.05) is 23.5 Å². The van der Waals surface area contributed by atoms with Crippen molar-refractivity contribution >= 4 is 27.1 Å². The molecule has 0 aliphatic heterocycles. The lowest BCUT2D eigenvalue weighted by Crippen LogP contribution is -1.96. The zero-order valence-corrected chi connectivity index (χ0v) is 14.4. The SMILES string of the molecule is COc1ccc(Nc2nn3c(-c4ccccc4OC)nnc3s2)cc1. The zero-order chi connectivity index (χ0) is 17.2. The molecule has 8 heteroatoms. The number of benzene rings is 2. The van der Waals surface area contributed by atoms with E-state index in [1.807, 2.05) is 48.5 Å². The number of para-hydroxylation sites is 1. The summed E-state index contributed by atoms with van der Waals surface area (Å²) in [5, 5.41) is 17.0. The molecule has 25 heavy (non-hydrogen) atoms. The van der Waals surface area contributed by atoms with Gasteiger partial charge in [-0.15, -0.1) is 15.3 Å². The van der Waals surface area contributed by atoms with Gasteiger partial charge >= 0.3 is 0 Å². The largest absolute Gasteiger partial charge is 0.497 e. The van der Waals surface area contributed by atoms with E-state index in [-0.39, 0.29) is 0 Å². The maximum Gasteiger partial charge on any atom is 0.236 e. The molecule has 0 atom stereocenters. The molecule has 0 bridgehead atoms. The second kappa shape index (κ2) is 6.40. The van der Waals surface area contributed by atoms with Crippen molar-refractivity contribution < 1.29 is 9.47 Å². The molecular formula is C17H15N5O2S. The van der Waals surface area contributed by atoms with Crippen molar-refractivity contribution in [3.8, 4) is 22.9 Å². The summed E-state index contributed by atoms with van der Waals surface area (Å²) in [6, 6.07) is 15.3. The third-order valence-corrected chi connectivity index (χ3v) is 4.49. The van der Waals surface area contributed by atoms with Crippen molar-refractivity contribution in [2.24, 2.45) is 0 Å². The average Bonchev–Trinajstić information content (AvgIpc) is 3.22. The second-order valence-electron chi connectivity index (χ2n) is 5.18. The number of hydrogen-bond donors (Lipinski definition) is 1. The number of hydrogen-bond acceptors (Lipinski definition) is 7. The van der Waals surface area contributed by atoms with E-state index < -0.39 is 0 Å². The first-order valence-corrected chi connectivity index (χ1v) is 8.37. The van der Waals surface area contributed by atoms with Gasteiger partial charge in [0.1, 0.15) is 11.5 Å². The lowest BCUT2D eigenvalue weighted by atomic mass is 10.2. The van der Waals surface area contributed by atoms with Crippen LogP contribution in [0.4, 0.5) is 10.8 Å². The molecule has 7 nitrogen and oxygen atoms in total. The van der Waals surface area contributed by atoms with Crippen molar-refractivity contribution in [1.29, 1.82) is 0 Å². The van der Waals surface area contributed by atoms with Crippen LogP contribution in [0.3, 0.4) is 0 Å². The summed E-state index contributed by atoms with van der Waals surface area (Å²) in [4.78, 5) is 0.705. The third-order valence-electron chi connectivity index (χ3n) is 3.68. The summed E-state index contributed by atoms with van der Waals surface area (Å²) >= 11 is 1.43. The van der Waals surface area contributed by atoms with E-state index in [0.29, 0.717) is 10.8 Å². The maximum atomic E-state index is 5.41. The molecule has 0 saturated heterocycles. The minimum absolute atomic E-state index is 0.645. The van der Waals surface area contributed by atoms with Crippen LogP contribution in [-0.4, -0.2) is 34.0 Å². The third kappa shape index (κ3) is 2.87. The number of rotatable bonds is 5. The molecule has 0 aliphatic rings. The number of aromatic nitrogens is 4. The molecule has 2 heterocycles. The quantitative estimate of drug-likeness (QED) is 0.591. The number of fused-ring (bicyclic) bond motifs is 1. The normalized spacial score (nSPS) is 10.8. The molecule has 4 aromatic rings. The van der Waals surface area contributed by atoms with Crippen LogP contribution in [0.15, 0.2) is 48.5 Å². The van der Waals surface area contributed by atoms with Crippen LogP contribution < -0.4 is 14.8 Å². The molecule has 0 spiro atoms. The Bertz CT molecular complexity index is 1010. The van der Waals surface area contributed by atoms with E-state index in [9.17, 15) is 0 Å². The van der Waals surface area contributed by atoms with E-state index in [4.69, 9.17) is 9.47 Å². The van der Waals surface area contributed by atoms with Crippen LogP contribution in [0.1, 0.15) is 0 Å². The first-order valence-electron chi connectivity index (χ1n) is 7.55. The fraction of sp³-hybridized carbons (Fsp3) is 0.118. The molecule has 0 aliphatic carbocycles. The van der Waals surface area contributed by atoms with E-state index in [2.05, 4.69) is 20.6 Å². The maximum absolute atomic E-state index is 5.41. The molecule has 0 radical (unpaired) electrons. The van der Waals surface area contributed by atoms with Gasteiger partial charge in [-0.25, -0.2) is 0 Å². The molecule has 1 N–H and O–H groups in total. The van der Waals surface area contributed by atoms with Crippen LogP contribution in [0, 0.1) is 0 Å². The summed E-state index contributed by atoms with van der Waals surface area (Å²) in [6.07, 6.45) is 0. The van der Waals surface area contributed by atoms with Crippen LogP contribution in [0.5, 0.6) is 11.5 Å². The highest BCUT2D eigenvalue weighted by molar-refractivity contribution is 7.20. The number of ether oxygens (including phenoxy) is 2. The van der Waals surface area contributed by atoms with Crippen molar-refractivity contribution in [2.75, 3.05) is 19.5 Å². The Morgan fingerprint density at radius 2 is 1.76 bits per heavy atom. The van der Waals surface area contributed by atoms with Gasteiger partial charge in [0.2, 0.25) is 10.1 Å². The first kappa shape index (κ1) is 15.4. The summed E-state index contributed by atoms with van der Waals surface area (Å²) in [7, 11) is 3.28. The second-order valence-corrected chi connectivity index (χ2v) is 6.13. The predicted octanol–water partition coefficient (Wildman–Crippen LogP) is 3.61. The molecule has 2 aromatic carbocycles. The molecule has 0 saturated carbocycles. The highest BCUT2D eigenvalue weighted by atomic mass is 32.1. The van der Waals surface area contributed by atoms with Gasteiger partial charge in [0, 0.05) is 5.69 Å². The van der Waals surface area contributed by atoms with Crippen molar-refractivity contribution in [3.63, 3.8) is 0 Å². The fourth-order valence-electron chi connectivity index (χ4n) is 2.46. The van der Waals surface area contributed by atoms with Gasteiger partial charge in [0.05, 0.1) is 19.8 Å². The van der Waals surface area contributed by atoms with Gasteiger partial charge < -0.3 is 14.8 Å². The Hall–Kier alpha value is -3.13. The predicted molar refractivity (Wildman–Crippen MR) is 96.9 cm³/mol. The Labute approximate surface area is 147 Å². The summed E-state index contributed by atoms with van der Waals surface area (Å²) in [5.74, 6) is 2.18. The molecule has 0 fully saturated rings. The lowest BCUT2D eigenvalue weighted by Gasteiger charge is -2.05. The monoisotopic (exact) mass is 353 g/mol. The van der Waals surface area contributed by atoms with Crippen LogP contribution >= 0.6 is 11.3 Å². The molecule has 0 unspecified atom stereocenters. The van der Waals surface area contributed by atoms with E-state index in [1.165, 1.54) is 11.3 Å². The lowest BCUT2D eigenvalue weighted by molar-refractivity contribution is 0.415. The van der Waals surface area contributed by atoms with E-state index in [0.717, 1.165) is 27.9 Å². The highest BCUT2D eigenvalue weighted by Crippen LogP contribution is 2.31.